The normalized spacial score (nSPS) is 10.9. The number of thiophene rings is 1. The molecule has 0 bridgehead atoms. The molecule has 1 N–H and O–H groups in total. The Bertz CT molecular complexity index is 560. The zero-order valence-electron chi connectivity index (χ0n) is 11.2. The molecule has 0 atom stereocenters. The maximum atomic E-state index is 11.7. The van der Waals surface area contributed by atoms with E-state index >= 15 is 0 Å². The van der Waals surface area contributed by atoms with Crippen LogP contribution in [-0.4, -0.2) is 22.6 Å². The van der Waals surface area contributed by atoms with E-state index in [1.165, 1.54) is 0 Å². The first kappa shape index (κ1) is 15.2. The van der Waals surface area contributed by atoms with Crippen LogP contribution in [0.5, 0.6) is 0 Å². The van der Waals surface area contributed by atoms with Gasteiger partial charge in [-0.1, -0.05) is 0 Å². The summed E-state index contributed by atoms with van der Waals surface area (Å²) < 4.78 is 5.16. The van der Waals surface area contributed by atoms with Crippen LogP contribution in [0.2, 0.25) is 0 Å². The summed E-state index contributed by atoms with van der Waals surface area (Å²) >= 11 is 0.950. The Morgan fingerprint density at radius 2 is 2.00 bits per heavy atom. The molecule has 0 aliphatic heterocycles. The van der Waals surface area contributed by atoms with Crippen LogP contribution in [0.25, 0.3) is 0 Å². The summed E-state index contributed by atoms with van der Waals surface area (Å²) in [5.74, 6) is -1.56. The molecule has 19 heavy (non-hydrogen) atoms. The number of ether oxygens (including phenoxy) is 1. The molecule has 0 aromatic carbocycles. The van der Waals surface area contributed by atoms with Crippen molar-refractivity contribution < 1.29 is 19.4 Å². The van der Waals surface area contributed by atoms with Gasteiger partial charge in [-0.05, 0) is 33.3 Å². The molecule has 0 aliphatic carbocycles. The highest BCUT2D eigenvalue weighted by Crippen LogP contribution is 2.28. The lowest BCUT2D eigenvalue weighted by molar-refractivity contribution is -0.153. The molecule has 5 nitrogen and oxygen atoms in total. The van der Waals surface area contributed by atoms with Gasteiger partial charge in [0.05, 0.1) is 12.0 Å². The molecule has 0 unspecified atom stereocenters. The molecular formula is C13H15NO4S. The van der Waals surface area contributed by atoms with Gasteiger partial charge in [-0.3, -0.25) is 4.79 Å². The Balaban J connectivity index is 3.03. The first-order chi connectivity index (χ1) is 8.65. The van der Waals surface area contributed by atoms with Crippen LogP contribution in [0.15, 0.2) is 0 Å². The second-order valence-electron chi connectivity index (χ2n) is 5.03. The number of rotatable bonds is 3. The number of carbonyl (C=O) groups is 2. The van der Waals surface area contributed by atoms with Crippen LogP contribution in [0.4, 0.5) is 0 Å². The Kier molecular flexibility index (Phi) is 4.32. The number of esters is 1. The van der Waals surface area contributed by atoms with E-state index in [0.29, 0.717) is 10.4 Å². The predicted molar refractivity (Wildman–Crippen MR) is 70.3 cm³/mol. The predicted octanol–water partition coefficient (Wildman–Crippen LogP) is 2.51. The van der Waals surface area contributed by atoms with Gasteiger partial charge in [0.15, 0.2) is 0 Å². The van der Waals surface area contributed by atoms with Gasteiger partial charge in [0, 0.05) is 4.88 Å². The van der Waals surface area contributed by atoms with E-state index in [-0.39, 0.29) is 16.9 Å². The smallest absolute Gasteiger partial charge is 0.346 e. The van der Waals surface area contributed by atoms with Crippen molar-refractivity contribution in [1.82, 2.24) is 0 Å². The Labute approximate surface area is 115 Å². The number of aromatic carboxylic acids is 1. The quantitative estimate of drug-likeness (QED) is 0.860. The van der Waals surface area contributed by atoms with E-state index in [9.17, 15) is 9.59 Å². The van der Waals surface area contributed by atoms with Crippen molar-refractivity contribution in [3.8, 4) is 6.07 Å². The first-order valence-electron chi connectivity index (χ1n) is 5.63. The summed E-state index contributed by atoms with van der Waals surface area (Å²) in [7, 11) is 0. The van der Waals surface area contributed by atoms with E-state index in [4.69, 9.17) is 15.1 Å². The Hall–Kier alpha value is -1.87. The summed E-state index contributed by atoms with van der Waals surface area (Å²) in [4.78, 5) is 23.2. The fraction of sp³-hybridized carbons (Fsp3) is 0.462. The van der Waals surface area contributed by atoms with Crippen molar-refractivity contribution in [1.29, 1.82) is 5.26 Å². The van der Waals surface area contributed by atoms with E-state index in [2.05, 4.69) is 0 Å². The van der Waals surface area contributed by atoms with E-state index in [0.717, 1.165) is 11.3 Å². The molecule has 0 saturated heterocycles. The number of hydrogen-bond acceptors (Lipinski definition) is 5. The fourth-order valence-electron chi connectivity index (χ4n) is 1.56. The molecule has 1 aromatic rings. The molecule has 0 saturated carbocycles. The third kappa shape index (κ3) is 3.80. The number of hydrogen-bond donors (Lipinski definition) is 1. The standard InChI is InChI=1S/C13H15NO4S/c1-7-8(6-14)9(19-11(7)12(16)17)5-10(15)18-13(2,3)4/h5H2,1-4H3,(H,16,17). The monoisotopic (exact) mass is 281 g/mol. The summed E-state index contributed by atoms with van der Waals surface area (Å²) in [6.07, 6.45) is -0.0844. The topological polar surface area (TPSA) is 87.4 Å². The minimum Gasteiger partial charge on any atom is -0.477 e. The summed E-state index contributed by atoms with van der Waals surface area (Å²) in [5, 5.41) is 18.1. The maximum Gasteiger partial charge on any atom is 0.346 e. The maximum absolute atomic E-state index is 11.7. The van der Waals surface area contributed by atoms with Crippen molar-refractivity contribution in [2.24, 2.45) is 0 Å². The molecule has 1 aromatic heterocycles. The average molecular weight is 281 g/mol. The molecule has 1 rings (SSSR count). The van der Waals surface area contributed by atoms with Crippen molar-refractivity contribution in [2.75, 3.05) is 0 Å². The lowest BCUT2D eigenvalue weighted by atomic mass is 10.1. The van der Waals surface area contributed by atoms with Crippen LogP contribution in [0.1, 0.15) is 46.4 Å². The molecule has 0 fully saturated rings. The van der Waals surface area contributed by atoms with Gasteiger partial charge in [-0.15, -0.1) is 11.3 Å². The molecule has 0 radical (unpaired) electrons. The van der Waals surface area contributed by atoms with Crippen LogP contribution in [0, 0.1) is 18.3 Å². The van der Waals surface area contributed by atoms with Crippen LogP contribution in [-0.2, 0) is 16.0 Å². The highest BCUT2D eigenvalue weighted by atomic mass is 32.1. The average Bonchev–Trinajstić information content (AvgIpc) is 2.52. The second-order valence-corrected chi connectivity index (χ2v) is 6.14. The lowest BCUT2D eigenvalue weighted by Gasteiger charge is -2.19. The molecule has 1 heterocycles. The van der Waals surface area contributed by atoms with Gasteiger partial charge < -0.3 is 9.84 Å². The molecule has 102 valence electrons. The first-order valence-corrected chi connectivity index (χ1v) is 6.45. The minimum absolute atomic E-state index is 0.0844. The molecular weight excluding hydrogens is 266 g/mol. The fourth-order valence-corrected chi connectivity index (χ4v) is 2.64. The Morgan fingerprint density at radius 3 is 2.42 bits per heavy atom. The lowest BCUT2D eigenvalue weighted by Crippen LogP contribution is -2.24. The SMILES string of the molecule is Cc1c(C(=O)O)sc(CC(=O)OC(C)(C)C)c1C#N. The molecule has 6 heteroatoms. The molecule has 0 spiro atoms. The number of carbonyl (C=O) groups excluding carboxylic acids is 1. The zero-order valence-corrected chi connectivity index (χ0v) is 12.1. The van der Waals surface area contributed by atoms with E-state index < -0.39 is 17.5 Å². The van der Waals surface area contributed by atoms with Gasteiger partial charge in [0.1, 0.15) is 16.5 Å². The van der Waals surface area contributed by atoms with E-state index in [1.54, 1.807) is 27.7 Å². The van der Waals surface area contributed by atoms with Crippen molar-refractivity contribution in [3.05, 3.63) is 20.9 Å². The molecule has 0 amide bonds. The van der Waals surface area contributed by atoms with Gasteiger partial charge in [-0.2, -0.15) is 5.26 Å². The van der Waals surface area contributed by atoms with Crippen LogP contribution >= 0.6 is 11.3 Å². The summed E-state index contributed by atoms with van der Waals surface area (Å²) in [6, 6.07) is 1.95. The van der Waals surface area contributed by atoms with Gasteiger partial charge in [0.25, 0.3) is 0 Å². The largest absolute Gasteiger partial charge is 0.477 e. The highest BCUT2D eigenvalue weighted by molar-refractivity contribution is 7.14. The molecule has 0 aliphatic rings. The number of nitriles is 1. The van der Waals surface area contributed by atoms with Gasteiger partial charge in [-0.25, -0.2) is 4.79 Å². The third-order valence-electron chi connectivity index (χ3n) is 2.25. The number of carboxylic acids is 1. The Morgan fingerprint density at radius 1 is 1.42 bits per heavy atom. The minimum atomic E-state index is -1.09. The van der Waals surface area contributed by atoms with E-state index in [1.807, 2.05) is 6.07 Å². The highest BCUT2D eigenvalue weighted by Gasteiger charge is 2.23. The van der Waals surface area contributed by atoms with Gasteiger partial charge in [0.2, 0.25) is 0 Å². The van der Waals surface area contributed by atoms with Crippen molar-refractivity contribution in [2.45, 2.75) is 39.7 Å². The van der Waals surface area contributed by atoms with Crippen molar-refractivity contribution in [3.63, 3.8) is 0 Å². The van der Waals surface area contributed by atoms with Crippen LogP contribution in [0.3, 0.4) is 0 Å². The number of nitrogens with zero attached hydrogens (tertiary/aromatic N) is 1. The zero-order chi connectivity index (χ0) is 14.8. The second kappa shape index (κ2) is 5.41. The summed E-state index contributed by atoms with van der Waals surface area (Å²) in [6.45, 7) is 6.81. The summed E-state index contributed by atoms with van der Waals surface area (Å²) in [5.41, 5.74) is 0.0538. The van der Waals surface area contributed by atoms with Gasteiger partial charge >= 0.3 is 11.9 Å². The third-order valence-corrected chi connectivity index (χ3v) is 3.53. The number of carboxylic acid groups (broad SMARTS) is 1. The van der Waals surface area contributed by atoms with Crippen molar-refractivity contribution >= 4 is 23.3 Å². The van der Waals surface area contributed by atoms with Crippen LogP contribution < -0.4 is 0 Å².